The molecule has 0 aliphatic rings. The Morgan fingerprint density at radius 3 is 1.00 bits per heavy atom. The van der Waals surface area contributed by atoms with Crippen molar-refractivity contribution < 1.29 is 57.8 Å². The van der Waals surface area contributed by atoms with Gasteiger partial charge in [-0.25, -0.2) is 0 Å². The van der Waals surface area contributed by atoms with Crippen LogP contribution in [-0.4, -0.2) is 150 Å². The normalized spacial score (nSPS) is 15.7. The summed E-state index contributed by atoms with van der Waals surface area (Å²) in [4.78, 5) is 19.9. The Hall–Kier alpha value is 1.17. The second-order valence-corrected chi connectivity index (χ2v) is 3.73. The van der Waals surface area contributed by atoms with Crippen molar-refractivity contribution in [1.82, 2.24) is 0 Å². The molecule has 0 amide bonds. The molecule has 0 rings (SSSR count). The van der Waals surface area contributed by atoms with E-state index in [-0.39, 0.29) is 75.5 Å². The molecule has 114 valence electrons. The van der Waals surface area contributed by atoms with Gasteiger partial charge in [0.2, 0.25) is 0 Å². The van der Waals surface area contributed by atoms with Crippen LogP contribution in [0.5, 0.6) is 0 Å². The van der Waals surface area contributed by atoms with Crippen LogP contribution in [0.4, 0.5) is 0 Å². The maximum Gasteiger partial charge on any atom is 2.00 e. The topological polar surface area (TPSA) is 241 Å². The first-order valence-corrected chi connectivity index (χ1v) is 5.43. The Balaban J connectivity index is -0.000000179. The standard InChI is InChI=1S/C6H10O8.2Ca.H2O4S/c7-1(3(9)5(11)12)2(8)4(10)6(13)14;;;1-5(2,3)4/h1-4,7-10H,(H,11,12)(H,13,14);;;(H2,1,2,3,4)/q;2*+2;/p-4/t1-,2+,3-,4-;;;/m0.../s1. The predicted molar refractivity (Wildman–Crippen MR) is 56.0 cm³/mol. The fourth-order valence-corrected chi connectivity index (χ4v) is 0.652. The van der Waals surface area contributed by atoms with Crippen molar-refractivity contribution in [3.05, 3.63) is 0 Å². The van der Waals surface area contributed by atoms with E-state index in [1.165, 1.54) is 0 Å². The maximum absolute atomic E-state index is 9.96. The van der Waals surface area contributed by atoms with Crippen molar-refractivity contribution in [3.8, 4) is 0 Å². The first-order chi connectivity index (χ1) is 8.29. The van der Waals surface area contributed by atoms with E-state index in [2.05, 4.69) is 0 Å². The summed E-state index contributed by atoms with van der Waals surface area (Å²) in [6, 6.07) is 0. The monoisotopic (exact) mass is 384 g/mol. The third-order valence-corrected chi connectivity index (χ3v) is 1.48. The van der Waals surface area contributed by atoms with Crippen LogP contribution in [0, 0.1) is 0 Å². The summed E-state index contributed by atoms with van der Waals surface area (Å²) in [6.07, 6.45) is -9.76. The molecule has 0 bridgehead atoms. The molecule has 0 radical (unpaired) electrons. The van der Waals surface area contributed by atoms with Crippen LogP contribution in [0.1, 0.15) is 0 Å². The largest absolute Gasteiger partial charge is 2.00 e. The fourth-order valence-electron chi connectivity index (χ4n) is 0.652. The maximum atomic E-state index is 9.96. The van der Waals surface area contributed by atoms with Crippen molar-refractivity contribution in [2.45, 2.75) is 24.4 Å². The van der Waals surface area contributed by atoms with Gasteiger partial charge in [0.1, 0.15) is 24.4 Å². The van der Waals surface area contributed by atoms with Gasteiger partial charge in [-0.15, -0.1) is 0 Å². The number of rotatable bonds is 5. The van der Waals surface area contributed by atoms with Crippen LogP contribution in [0.25, 0.3) is 0 Å². The van der Waals surface area contributed by atoms with Crippen molar-refractivity contribution in [1.29, 1.82) is 0 Å². The molecule has 0 saturated carbocycles. The molecule has 0 saturated heterocycles. The number of carboxylic acid groups (broad SMARTS) is 2. The van der Waals surface area contributed by atoms with Gasteiger partial charge in [0, 0.05) is 10.4 Å². The third kappa shape index (κ3) is 17.4. The molecule has 0 unspecified atom stereocenters. The van der Waals surface area contributed by atoms with Crippen LogP contribution < -0.4 is 10.2 Å². The van der Waals surface area contributed by atoms with Gasteiger partial charge >= 0.3 is 75.5 Å². The Morgan fingerprint density at radius 2 is 0.905 bits per heavy atom. The molecule has 0 fully saturated rings. The van der Waals surface area contributed by atoms with Gasteiger partial charge in [-0.1, -0.05) is 0 Å². The quantitative estimate of drug-likeness (QED) is 0.196. The summed E-state index contributed by atoms with van der Waals surface area (Å²) < 4.78 is 34.1. The summed E-state index contributed by atoms with van der Waals surface area (Å²) in [5.74, 6) is -4.22. The van der Waals surface area contributed by atoms with Gasteiger partial charge in [0.25, 0.3) is 0 Å². The molecule has 12 nitrogen and oxygen atoms in total. The number of carbonyl (C=O) groups excluding carboxylic acids is 2. The number of aliphatic hydroxyl groups is 4. The molecule has 0 aromatic rings. The second kappa shape index (κ2) is 13.6. The van der Waals surface area contributed by atoms with Gasteiger partial charge in [0.05, 0.1) is 11.9 Å². The van der Waals surface area contributed by atoms with E-state index in [4.69, 9.17) is 37.9 Å². The predicted octanol–water partition coefficient (Wildman–Crippen LogP) is -8.17. The SMILES string of the molecule is O=C([O-])[C@@H](O)[C@H](O)[C@H](O)[C@H](O)C(=O)[O-].O=S(=O)([O-])[O-].[Ca+2].[Ca+2]. The summed E-state index contributed by atoms with van der Waals surface area (Å²) in [5, 5.41) is 54.7. The van der Waals surface area contributed by atoms with Gasteiger partial charge in [0.15, 0.2) is 0 Å². The van der Waals surface area contributed by atoms with E-state index in [0.717, 1.165) is 0 Å². The van der Waals surface area contributed by atoms with E-state index < -0.39 is 46.8 Å². The average molecular weight is 384 g/mol. The van der Waals surface area contributed by atoms with Crippen molar-refractivity contribution in [3.63, 3.8) is 0 Å². The molecule has 0 aliphatic heterocycles. The number of aliphatic carboxylic acids is 2. The van der Waals surface area contributed by atoms with Crippen molar-refractivity contribution in [2.75, 3.05) is 0 Å². The number of hydrogen-bond donors (Lipinski definition) is 4. The van der Waals surface area contributed by atoms with Crippen LogP contribution in [0.2, 0.25) is 0 Å². The summed E-state index contributed by atoms with van der Waals surface area (Å²) in [5.41, 5.74) is 0. The minimum atomic E-state index is -5.17. The number of hydrogen-bond acceptors (Lipinski definition) is 12. The van der Waals surface area contributed by atoms with E-state index in [1.807, 2.05) is 0 Å². The zero-order valence-electron chi connectivity index (χ0n) is 10.2. The zero-order chi connectivity index (χ0) is 16.0. The van der Waals surface area contributed by atoms with E-state index in [9.17, 15) is 19.8 Å². The zero-order valence-corrected chi connectivity index (χ0v) is 15.4. The Bertz CT molecular complexity index is 378. The van der Waals surface area contributed by atoms with Crippen molar-refractivity contribution in [2.24, 2.45) is 0 Å². The number of carboxylic acids is 2. The minimum absolute atomic E-state index is 0. The van der Waals surface area contributed by atoms with E-state index in [1.54, 1.807) is 0 Å². The minimum Gasteiger partial charge on any atom is -0.759 e. The molecule has 0 spiro atoms. The first kappa shape index (κ1) is 30.1. The molecule has 21 heavy (non-hydrogen) atoms. The molecule has 0 aromatic carbocycles. The van der Waals surface area contributed by atoms with Crippen LogP contribution in [0.3, 0.4) is 0 Å². The molecular formula is C6H8Ca2O12S. The molecule has 4 N–H and O–H groups in total. The number of carbonyl (C=O) groups is 2. The summed E-state index contributed by atoms with van der Waals surface area (Å²) >= 11 is 0. The number of aliphatic hydroxyl groups excluding tert-OH is 4. The summed E-state index contributed by atoms with van der Waals surface area (Å²) in [7, 11) is -5.17. The molecular weight excluding hydrogens is 376 g/mol. The van der Waals surface area contributed by atoms with Crippen LogP contribution in [0.15, 0.2) is 0 Å². The molecule has 4 atom stereocenters. The smallest absolute Gasteiger partial charge is 0.759 e. The van der Waals surface area contributed by atoms with Gasteiger partial charge in [-0.2, -0.15) is 0 Å². The first-order valence-electron chi connectivity index (χ1n) is 4.09. The second-order valence-electron chi connectivity index (χ2n) is 2.92. The summed E-state index contributed by atoms with van der Waals surface area (Å²) in [6.45, 7) is 0. The van der Waals surface area contributed by atoms with Gasteiger partial charge < -0.3 is 49.3 Å². The molecule has 15 heteroatoms. The Morgan fingerprint density at radius 1 is 0.762 bits per heavy atom. The van der Waals surface area contributed by atoms with Crippen LogP contribution in [-0.2, 0) is 20.0 Å². The Kier molecular flexibility index (Phi) is 19.5. The van der Waals surface area contributed by atoms with Gasteiger partial charge in [-0.05, 0) is 0 Å². The van der Waals surface area contributed by atoms with E-state index in [0.29, 0.717) is 0 Å². The van der Waals surface area contributed by atoms with Crippen LogP contribution >= 0.6 is 0 Å². The molecule has 0 aliphatic carbocycles. The average Bonchev–Trinajstić information content (AvgIpc) is 2.22. The molecule has 0 heterocycles. The Labute approximate surface area is 178 Å². The van der Waals surface area contributed by atoms with Gasteiger partial charge in [-0.3, -0.25) is 8.42 Å². The third-order valence-electron chi connectivity index (χ3n) is 1.48. The fraction of sp³-hybridized carbons (Fsp3) is 0.667. The molecule has 0 aromatic heterocycles. The van der Waals surface area contributed by atoms with E-state index >= 15 is 0 Å². The van der Waals surface area contributed by atoms with Crippen molar-refractivity contribution >= 4 is 97.8 Å².